The molecule has 27 heavy (non-hydrogen) atoms. The molecule has 0 aliphatic heterocycles. The molecule has 1 aromatic carbocycles. The number of aromatic nitrogens is 3. The van der Waals surface area contributed by atoms with Gasteiger partial charge in [0.2, 0.25) is 4.96 Å². The van der Waals surface area contributed by atoms with Crippen molar-refractivity contribution < 1.29 is 19.0 Å². The number of ether oxygens (including phenoxy) is 3. The van der Waals surface area contributed by atoms with E-state index >= 15 is 0 Å². The van der Waals surface area contributed by atoms with E-state index in [2.05, 4.69) is 10.1 Å². The Morgan fingerprint density at radius 1 is 1.22 bits per heavy atom. The van der Waals surface area contributed by atoms with E-state index in [9.17, 15) is 9.59 Å². The van der Waals surface area contributed by atoms with E-state index in [-0.39, 0.29) is 12.2 Å². The fourth-order valence-corrected chi connectivity index (χ4v) is 3.26. The standard InChI is InChI=1S/C18H19N3O5S/c1-4-15-20-21-16(22)9-12(19-18(21)27-15)10-26-17(23)11-6-7-13(25-5-2)14(8-11)24-3/h6-9H,4-5,10H2,1-3H3. The van der Waals surface area contributed by atoms with Crippen molar-refractivity contribution in [3.05, 3.63) is 50.9 Å². The number of methoxy groups -OCH3 is 1. The zero-order chi connectivity index (χ0) is 19.4. The van der Waals surface area contributed by atoms with Gasteiger partial charge in [-0.15, -0.1) is 0 Å². The third-order valence-electron chi connectivity index (χ3n) is 3.69. The number of rotatable bonds is 7. The summed E-state index contributed by atoms with van der Waals surface area (Å²) in [5.74, 6) is 0.450. The van der Waals surface area contributed by atoms with Gasteiger partial charge < -0.3 is 14.2 Å². The molecule has 0 saturated heterocycles. The number of fused-ring (bicyclic) bond motifs is 1. The predicted octanol–water partition coefficient (Wildman–Crippen LogP) is 2.48. The molecule has 0 unspecified atom stereocenters. The third-order valence-corrected chi connectivity index (χ3v) is 4.75. The molecule has 0 aliphatic carbocycles. The monoisotopic (exact) mass is 389 g/mol. The van der Waals surface area contributed by atoms with Crippen LogP contribution in [0.15, 0.2) is 29.1 Å². The van der Waals surface area contributed by atoms with Crippen LogP contribution in [0.4, 0.5) is 0 Å². The smallest absolute Gasteiger partial charge is 0.338 e. The Balaban J connectivity index is 1.75. The summed E-state index contributed by atoms with van der Waals surface area (Å²) in [5, 5.41) is 5.00. The van der Waals surface area contributed by atoms with E-state index in [0.29, 0.717) is 34.3 Å². The maximum atomic E-state index is 12.3. The lowest BCUT2D eigenvalue weighted by Crippen LogP contribution is -2.16. The van der Waals surface area contributed by atoms with E-state index in [1.807, 2.05) is 13.8 Å². The molecule has 0 aliphatic rings. The molecule has 3 rings (SSSR count). The predicted molar refractivity (Wildman–Crippen MR) is 99.8 cm³/mol. The summed E-state index contributed by atoms with van der Waals surface area (Å²) in [5.41, 5.74) is 0.390. The van der Waals surface area contributed by atoms with Crippen molar-refractivity contribution in [1.82, 2.24) is 14.6 Å². The Kier molecular flexibility index (Phi) is 5.70. The molecule has 0 bridgehead atoms. The molecule has 0 fully saturated rings. The zero-order valence-electron chi connectivity index (χ0n) is 15.2. The summed E-state index contributed by atoms with van der Waals surface area (Å²) in [4.78, 5) is 29.3. The highest BCUT2D eigenvalue weighted by Gasteiger charge is 2.14. The van der Waals surface area contributed by atoms with Crippen LogP contribution in [-0.2, 0) is 17.8 Å². The van der Waals surface area contributed by atoms with E-state index in [1.54, 1.807) is 18.2 Å². The maximum Gasteiger partial charge on any atom is 0.338 e. The van der Waals surface area contributed by atoms with Crippen molar-refractivity contribution in [1.29, 1.82) is 0 Å². The molecule has 142 valence electrons. The largest absolute Gasteiger partial charge is 0.493 e. The number of hydrogen-bond donors (Lipinski definition) is 0. The quantitative estimate of drug-likeness (QED) is 0.573. The molecular weight excluding hydrogens is 370 g/mol. The number of carbonyl (C=O) groups is 1. The van der Waals surface area contributed by atoms with Crippen LogP contribution in [0.1, 0.15) is 34.9 Å². The normalized spacial score (nSPS) is 10.8. The minimum atomic E-state index is -0.545. The summed E-state index contributed by atoms with van der Waals surface area (Å²) in [6.45, 7) is 4.19. The molecule has 9 heteroatoms. The SMILES string of the molecule is CCOc1ccc(C(=O)OCc2cc(=O)n3nc(CC)sc3n2)cc1OC. The van der Waals surface area contributed by atoms with Crippen LogP contribution < -0.4 is 15.0 Å². The average Bonchev–Trinajstić information content (AvgIpc) is 3.10. The molecule has 0 amide bonds. The van der Waals surface area contributed by atoms with E-state index < -0.39 is 5.97 Å². The molecule has 2 heterocycles. The first-order valence-electron chi connectivity index (χ1n) is 8.42. The lowest BCUT2D eigenvalue weighted by Gasteiger charge is -2.10. The highest BCUT2D eigenvalue weighted by molar-refractivity contribution is 7.16. The molecule has 2 aromatic heterocycles. The molecular formula is C18H19N3O5S. The van der Waals surface area contributed by atoms with Gasteiger partial charge in [0.1, 0.15) is 11.6 Å². The number of benzene rings is 1. The average molecular weight is 389 g/mol. The van der Waals surface area contributed by atoms with Gasteiger partial charge in [-0.25, -0.2) is 9.78 Å². The Morgan fingerprint density at radius 3 is 2.74 bits per heavy atom. The van der Waals surface area contributed by atoms with Gasteiger partial charge in [-0.2, -0.15) is 9.61 Å². The summed E-state index contributed by atoms with van der Waals surface area (Å²) < 4.78 is 17.2. The van der Waals surface area contributed by atoms with Gasteiger partial charge in [-0.3, -0.25) is 4.79 Å². The number of nitrogens with zero attached hydrogens (tertiary/aromatic N) is 3. The van der Waals surface area contributed by atoms with Crippen LogP contribution in [0.3, 0.4) is 0 Å². The molecule has 0 N–H and O–H groups in total. The molecule has 0 saturated carbocycles. The van der Waals surface area contributed by atoms with Gasteiger partial charge in [0.15, 0.2) is 11.5 Å². The van der Waals surface area contributed by atoms with Crippen LogP contribution >= 0.6 is 11.3 Å². The molecule has 0 radical (unpaired) electrons. The van der Waals surface area contributed by atoms with Crippen molar-refractivity contribution in [2.45, 2.75) is 26.9 Å². The Labute approximate surface area is 159 Å². The third kappa shape index (κ3) is 4.08. The number of hydrogen-bond acceptors (Lipinski definition) is 8. The van der Waals surface area contributed by atoms with Crippen LogP contribution in [0.2, 0.25) is 0 Å². The summed E-state index contributed by atoms with van der Waals surface area (Å²) >= 11 is 1.34. The van der Waals surface area contributed by atoms with Gasteiger partial charge in [-0.05, 0) is 31.5 Å². The fraction of sp³-hybridized carbons (Fsp3) is 0.333. The van der Waals surface area contributed by atoms with Gasteiger partial charge in [0, 0.05) is 6.07 Å². The number of aryl methyl sites for hydroxylation is 1. The molecule has 8 nitrogen and oxygen atoms in total. The highest BCUT2D eigenvalue weighted by atomic mass is 32.1. The van der Waals surface area contributed by atoms with Crippen molar-refractivity contribution in [3.63, 3.8) is 0 Å². The summed E-state index contributed by atoms with van der Waals surface area (Å²) in [6, 6.07) is 6.12. The highest BCUT2D eigenvalue weighted by Crippen LogP contribution is 2.28. The van der Waals surface area contributed by atoms with Crippen molar-refractivity contribution in [3.8, 4) is 11.5 Å². The van der Waals surface area contributed by atoms with Crippen LogP contribution in [0, 0.1) is 0 Å². The van der Waals surface area contributed by atoms with Gasteiger partial charge in [0.25, 0.3) is 5.56 Å². The maximum absolute atomic E-state index is 12.3. The van der Waals surface area contributed by atoms with E-state index in [1.165, 1.54) is 29.0 Å². The number of esters is 1. The summed E-state index contributed by atoms with van der Waals surface area (Å²) in [7, 11) is 1.50. The topological polar surface area (TPSA) is 92.0 Å². The second kappa shape index (κ2) is 8.17. The minimum Gasteiger partial charge on any atom is -0.493 e. The van der Waals surface area contributed by atoms with Crippen LogP contribution in [0.5, 0.6) is 11.5 Å². The molecule has 0 spiro atoms. The molecule has 0 atom stereocenters. The van der Waals surface area contributed by atoms with E-state index in [0.717, 1.165) is 11.4 Å². The van der Waals surface area contributed by atoms with Gasteiger partial charge in [0.05, 0.1) is 25.0 Å². The number of carbonyl (C=O) groups excluding carboxylic acids is 1. The van der Waals surface area contributed by atoms with Crippen molar-refractivity contribution in [2.75, 3.05) is 13.7 Å². The van der Waals surface area contributed by atoms with E-state index in [4.69, 9.17) is 14.2 Å². The first kappa shape index (κ1) is 18.8. The second-order valence-corrected chi connectivity index (χ2v) is 6.54. The zero-order valence-corrected chi connectivity index (χ0v) is 16.0. The Morgan fingerprint density at radius 2 is 2.04 bits per heavy atom. The first-order valence-corrected chi connectivity index (χ1v) is 9.24. The minimum absolute atomic E-state index is 0.112. The van der Waals surface area contributed by atoms with Crippen molar-refractivity contribution >= 4 is 22.3 Å². The lowest BCUT2D eigenvalue weighted by atomic mass is 10.2. The van der Waals surface area contributed by atoms with Crippen LogP contribution in [-0.4, -0.2) is 34.3 Å². The lowest BCUT2D eigenvalue weighted by molar-refractivity contribution is 0.0467. The Hall–Kier alpha value is -2.94. The Bertz CT molecular complexity index is 1030. The summed E-state index contributed by atoms with van der Waals surface area (Å²) in [6.07, 6.45) is 0.720. The van der Waals surface area contributed by atoms with Gasteiger partial charge in [-0.1, -0.05) is 18.3 Å². The fourth-order valence-electron chi connectivity index (χ4n) is 2.40. The first-order chi connectivity index (χ1) is 13.0. The van der Waals surface area contributed by atoms with Crippen molar-refractivity contribution in [2.24, 2.45) is 0 Å². The second-order valence-electron chi connectivity index (χ2n) is 5.50. The van der Waals surface area contributed by atoms with Crippen LogP contribution in [0.25, 0.3) is 4.96 Å². The van der Waals surface area contributed by atoms with Gasteiger partial charge >= 0.3 is 5.97 Å². The molecule has 3 aromatic rings.